The summed E-state index contributed by atoms with van der Waals surface area (Å²) in [6.07, 6.45) is 0.974. The van der Waals surface area contributed by atoms with Gasteiger partial charge in [-0.3, -0.25) is 0 Å². The number of benzene rings is 2. The van der Waals surface area contributed by atoms with E-state index < -0.39 is 0 Å². The number of aliphatic hydroxyl groups excluding tert-OH is 1. The zero-order valence-electron chi connectivity index (χ0n) is 12.5. The molecule has 2 aromatic carbocycles. The highest BCUT2D eigenvalue weighted by Crippen LogP contribution is 2.70. The topological polar surface area (TPSA) is 46.2 Å². The van der Waals surface area contributed by atoms with Crippen LogP contribution in [-0.2, 0) is 0 Å². The van der Waals surface area contributed by atoms with Gasteiger partial charge in [-0.05, 0) is 23.0 Å². The molecule has 2 unspecified atom stereocenters. The molecule has 2 heteroatoms. The van der Waals surface area contributed by atoms with E-state index in [1.807, 2.05) is 12.1 Å². The van der Waals surface area contributed by atoms with Gasteiger partial charge in [0.05, 0.1) is 6.61 Å². The van der Waals surface area contributed by atoms with Gasteiger partial charge >= 0.3 is 0 Å². The first-order valence-corrected chi connectivity index (χ1v) is 7.58. The minimum Gasteiger partial charge on any atom is -0.396 e. The molecule has 1 aliphatic carbocycles. The maximum Gasteiger partial charge on any atom is 0.0505 e. The van der Waals surface area contributed by atoms with Crippen molar-refractivity contribution in [1.29, 1.82) is 0 Å². The van der Waals surface area contributed by atoms with Crippen molar-refractivity contribution in [3.05, 3.63) is 71.8 Å². The summed E-state index contributed by atoms with van der Waals surface area (Å²) in [6, 6.07) is 21.1. The first-order valence-electron chi connectivity index (χ1n) is 7.58. The zero-order valence-corrected chi connectivity index (χ0v) is 12.5. The van der Waals surface area contributed by atoms with Gasteiger partial charge in [-0.15, -0.1) is 0 Å². The van der Waals surface area contributed by atoms with E-state index in [1.165, 1.54) is 11.1 Å². The van der Waals surface area contributed by atoms with E-state index in [4.69, 9.17) is 5.73 Å². The fraction of sp³-hybridized carbons (Fsp3) is 0.368. The van der Waals surface area contributed by atoms with Crippen LogP contribution in [0, 0.1) is 10.8 Å². The van der Waals surface area contributed by atoms with Gasteiger partial charge < -0.3 is 10.8 Å². The van der Waals surface area contributed by atoms with Crippen LogP contribution < -0.4 is 5.73 Å². The van der Waals surface area contributed by atoms with E-state index in [-0.39, 0.29) is 23.4 Å². The molecule has 3 rings (SSSR count). The van der Waals surface area contributed by atoms with Gasteiger partial charge in [0.2, 0.25) is 0 Å². The van der Waals surface area contributed by atoms with Gasteiger partial charge in [0, 0.05) is 17.9 Å². The third-order valence-electron chi connectivity index (χ3n) is 5.39. The van der Waals surface area contributed by atoms with Crippen LogP contribution in [0.5, 0.6) is 0 Å². The Kier molecular flexibility index (Phi) is 3.60. The molecule has 110 valence electrons. The van der Waals surface area contributed by atoms with Crippen LogP contribution in [0.15, 0.2) is 60.7 Å². The Morgan fingerprint density at radius 1 is 1.00 bits per heavy atom. The van der Waals surface area contributed by atoms with Crippen LogP contribution in [-0.4, -0.2) is 18.3 Å². The number of nitrogens with two attached hydrogens (primary N) is 1. The predicted molar refractivity (Wildman–Crippen MR) is 86.0 cm³/mol. The van der Waals surface area contributed by atoms with Gasteiger partial charge in [0.25, 0.3) is 0 Å². The molecule has 1 aliphatic rings. The SMILES string of the molecule is CC1(C(c2ccccc2)c2ccccc2)CC1(CN)CO. The molecule has 0 aromatic heterocycles. The maximum absolute atomic E-state index is 9.85. The number of hydrogen-bond donors (Lipinski definition) is 2. The lowest BCUT2D eigenvalue weighted by Gasteiger charge is -2.30. The quantitative estimate of drug-likeness (QED) is 0.884. The van der Waals surface area contributed by atoms with E-state index in [9.17, 15) is 5.11 Å². The third kappa shape index (κ3) is 2.19. The molecule has 1 saturated carbocycles. The average molecular weight is 281 g/mol. The monoisotopic (exact) mass is 281 g/mol. The maximum atomic E-state index is 9.85. The Morgan fingerprint density at radius 3 is 1.81 bits per heavy atom. The molecule has 2 atom stereocenters. The molecular weight excluding hydrogens is 258 g/mol. The van der Waals surface area contributed by atoms with Crippen molar-refractivity contribution in [3.63, 3.8) is 0 Å². The summed E-state index contributed by atoms with van der Waals surface area (Å²) < 4.78 is 0. The second kappa shape index (κ2) is 5.28. The fourth-order valence-corrected chi connectivity index (χ4v) is 3.89. The van der Waals surface area contributed by atoms with E-state index in [1.54, 1.807) is 0 Å². The van der Waals surface area contributed by atoms with Crippen molar-refractivity contribution in [3.8, 4) is 0 Å². The van der Waals surface area contributed by atoms with Gasteiger partial charge in [-0.25, -0.2) is 0 Å². The Hall–Kier alpha value is -1.64. The highest BCUT2D eigenvalue weighted by Gasteiger charge is 2.66. The van der Waals surface area contributed by atoms with Crippen LogP contribution in [0.3, 0.4) is 0 Å². The van der Waals surface area contributed by atoms with Gasteiger partial charge in [0.15, 0.2) is 0 Å². The molecule has 3 N–H and O–H groups in total. The molecule has 0 radical (unpaired) electrons. The summed E-state index contributed by atoms with van der Waals surface area (Å²) in [6.45, 7) is 2.97. The Balaban J connectivity index is 2.07. The van der Waals surface area contributed by atoms with Crippen LogP contribution in [0.2, 0.25) is 0 Å². The van der Waals surface area contributed by atoms with Crippen molar-refractivity contribution >= 4 is 0 Å². The summed E-state index contributed by atoms with van der Waals surface area (Å²) in [4.78, 5) is 0. The van der Waals surface area contributed by atoms with E-state index in [2.05, 4.69) is 55.5 Å². The third-order valence-corrected chi connectivity index (χ3v) is 5.39. The standard InChI is InChI=1S/C19H23NO/c1-18(12-19(18,13-20)14-21)17(15-8-4-2-5-9-15)16-10-6-3-7-11-16/h2-11,17,21H,12-14,20H2,1H3. The molecule has 2 aromatic rings. The van der Waals surface area contributed by atoms with Crippen LogP contribution in [0.1, 0.15) is 30.4 Å². The fourth-order valence-electron chi connectivity index (χ4n) is 3.89. The largest absolute Gasteiger partial charge is 0.396 e. The molecule has 0 spiro atoms. The summed E-state index contributed by atoms with van der Waals surface area (Å²) in [5.74, 6) is 0.274. The van der Waals surface area contributed by atoms with Crippen molar-refractivity contribution in [2.75, 3.05) is 13.2 Å². The Morgan fingerprint density at radius 2 is 1.48 bits per heavy atom. The number of aliphatic hydroxyl groups is 1. The highest BCUT2D eigenvalue weighted by atomic mass is 16.3. The van der Waals surface area contributed by atoms with E-state index in [0.717, 1.165) is 6.42 Å². The number of hydrogen-bond acceptors (Lipinski definition) is 2. The number of rotatable bonds is 5. The Bertz CT molecular complexity index is 552. The normalized spacial score (nSPS) is 27.8. The van der Waals surface area contributed by atoms with E-state index >= 15 is 0 Å². The van der Waals surface area contributed by atoms with Gasteiger partial charge in [-0.1, -0.05) is 67.6 Å². The molecule has 0 heterocycles. The summed E-state index contributed by atoms with van der Waals surface area (Å²) in [5.41, 5.74) is 8.45. The lowest BCUT2D eigenvalue weighted by Crippen LogP contribution is -2.29. The molecule has 0 bridgehead atoms. The lowest BCUT2D eigenvalue weighted by atomic mass is 9.75. The molecule has 0 saturated heterocycles. The average Bonchev–Trinajstić information content (AvgIpc) is 3.15. The first kappa shape index (κ1) is 14.3. The molecule has 1 fully saturated rings. The highest BCUT2D eigenvalue weighted by molar-refractivity contribution is 5.39. The molecule has 2 nitrogen and oxygen atoms in total. The van der Waals surface area contributed by atoms with Crippen LogP contribution in [0.4, 0.5) is 0 Å². The van der Waals surface area contributed by atoms with Crippen molar-refractivity contribution in [2.24, 2.45) is 16.6 Å². The minimum absolute atomic E-state index is 0.0131. The molecule has 0 aliphatic heterocycles. The van der Waals surface area contributed by atoms with Crippen molar-refractivity contribution < 1.29 is 5.11 Å². The smallest absolute Gasteiger partial charge is 0.0505 e. The first-order chi connectivity index (χ1) is 10.2. The van der Waals surface area contributed by atoms with Crippen molar-refractivity contribution in [1.82, 2.24) is 0 Å². The minimum atomic E-state index is -0.149. The second-order valence-electron chi connectivity index (χ2n) is 6.49. The van der Waals surface area contributed by atoms with Crippen LogP contribution in [0.25, 0.3) is 0 Å². The molecule has 21 heavy (non-hydrogen) atoms. The predicted octanol–water partition coefficient (Wildman–Crippen LogP) is 3.17. The molecular formula is C19H23NO. The second-order valence-corrected chi connectivity index (χ2v) is 6.49. The zero-order chi connectivity index (χ0) is 14.9. The van der Waals surface area contributed by atoms with Crippen LogP contribution >= 0.6 is 0 Å². The lowest BCUT2D eigenvalue weighted by molar-refractivity contribution is 0.174. The van der Waals surface area contributed by atoms with Gasteiger partial charge in [0.1, 0.15) is 0 Å². The van der Waals surface area contributed by atoms with Crippen molar-refractivity contribution in [2.45, 2.75) is 19.3 Å². The Labute approximate surface area is 126 Å². The molecule has 0 amide bonds. The summed E-state index contributed by atoms with van der Waals surface area (Å²) >= 11 is 0. The summed E-state index contributed by atoms with van der Waals surface area (Å²) in [5, 5.41) is 9.85. The van der Waals surface area contributed by atoms with Gasteiger partial charge in [-0.2, -0.15) is 0 Å². The van der Waals surface area contributed by atoms with E-state index in [0.29, 0.717) is 6.54 Å². The summed E-state index contributed by atoms with van der Waals surface area (Å²) in [7, 11) is 0.